The molecule has 0 aliphatic carbocycles. The van der Waals surface area contributed by atoms with Crippen molar-refractivity contribution < 1.29 is 4.42 Å². The van der Waals surface area contributed by atoms with Gasteiger partial charge in [-0.2, -0.15) is 0 Å². The van der Waals surface area contributed by atoms with Crippen molar-refractivity contribution in [1.82, 2.24) is 20.9 Å². The Morgan fingerprint density at radius 3 is 2.59 bits per heavy atom. The molecule has 0 radical (unpaired) electrons. The van der Waals surface area contributed by atoms with Crippen molar-refractivity contribution in [3.8, 4) is 22.5 Å². The third-order valence-electron chi connectivity index (χ3n) is 7.20. The fourth-order valence-corrected chi connectivity index (χ4v) is 4.92. The van der Waals surface area contributed by atoms with Gasteiger partial charge in [0.05, 0.1) is 6.54 Å². The molecule has 0 amide bonds. The summed E-state index contributed by atoms with van der Waals surface area (Å²) in [7, 11) is 1.99. The maximum Gasteiger partial charge on any atom is 0.135 e. The Hall–Kier alpha value is -3.87. The number of hydrogen-bond donors (Lipinski definition) is 4. The molecule has 6 rings (SSSR count). The van der Waals surface area contributed by atoms with Gasteiger partial charge in [-0.1, -0.05) is 48.5 Å². The molecular formula is C31H33N5O. The summed E-state index contributed by atoms with van der Waals surface area (Å²) in [6.45, 7) is 6.92. The lowest BCUT2D eigenvalue weighted by Gasteiger charge is -2.11. The predicted molar refractivity (Wildman–Crippen MR) is 153 cm³/mol. The maximum absolute atomic E-state index is 6.25. The molecule has 37 heavy (non-hydrogen) atoms. The molecule has 0 saturated carbocycles. The van der Waals surface area contributed by atoms with Crippen LogP contribution in [-0.4, -0.2) is 43.0 Å². The minimum Gasteiger partial charge on any atom is -0.456 e. The second-order valence-electron chi connectivity index (χ2n) is 10.1. The standard InChI is InChI=1S/C31H33N5O/c1-19(32-3)15-33-17-21-4-11-26-27(18-34-28(26)12-21)22-5-7-23(8-6-22)29-13-24-9-10-25(14-30(24)37-29)31-35-16-20(2)36-31/h4-14,18-20,32-34H,15-17H2,1-3H3,(H,35,36). The molecule has 6 heteroatoms. The van der Waals surface area contributed by atoms with E-state index in [4.69, 9.17) is 4.42 Å². The van der Waals surface area contributed by atoms with E-state index in [0.29, 0.717) is 12.1 Å². The number of furan rings is 1. The van der Waals surface area contributed by atoms with Crippen molar-refractivity contribution in [3.63, 3.8) is 0 Å². The first-order valence-electron chi connectivity index (χ1n) is 13.0. The minimum absolute atomic E-state index is 0.379. The van der Waals surface area contributed by atoms with Crippen LogP contribution in [0.5, 0.6) is 0 Å². The lowest BCUT2D eigenvalue weighted by atomic mass is 10.0. The van der Waals surface area contributed by atoms with Crippen LogP contribution >= 0.6 is 0 Å². The molecule has 1 aliphatic heterocycles. The summed E-state index contributed by atoms with van der Waals surface area (Å²) in [5.41, 5.74) is 7.83. The highest BCUT2D eigenvalue weighted by atomic mass is 16.3. The highest BCUT2D eigenvalue weighted by molar-refractivity contribution is 6.02. The zero-order valence-electron chi connectivity index (χ0n) is 21.6. The molecule has 2 unspecified atom stereocenters. The van der Waals surface area contributed by atoms with Crippen LogP contribution in [0.1, 0.15) is 25.0 Å². The van der Waals surface area contributed by atoms with Gasteiger partial charge in [0.1, 0.15) is 17.2 Å². The first kappa shape index (κ1) is 23.5. The number of H-pyrrole nitrogens is 1. The third kappa shape index (κ3) is 4.78. The zero-order valence-corrected chi connectivity index (χ0v) is 21.6. The Morgan fingerprint density at radius 2 is 1.81 bits per heavy atom. The molecule has 3 aromatic carbocycles. The van der Waals surface area contributed by atoms with Crippen molar-refractivity contribution in [2.75, 3.05) is 20.1 Å². The lowest BCUT2D eigenvalue weighted by molar-refractivity contribution is 0.541. The quantitative estimate of drug-likeness (QED) is 0.225. The summed E-state index contributed by atoms with van der Waals surface area (Å²) in [6.07, 6.45) is 2.10. The van der Waals surface area contributed by atoms with E-state index >= 15 is 0 Å². The summed E-state index contributed by atoms with van der Waals surface area (Å²) in [5.74, 6) is 1.82. The molecule has 188 valence electrons. The first-order chi connectivity index (χ1) is 18.1. The van der Waals surface area contributed by atoms with Crippen LogP contribution in [0.4, 0.5) is 0 Å². The van der Waals surface area contributed by atoms with E-state index in [1.807, 2.05) is 7.05 Å². The Morgan fingerprint density at radius 1 is 1.00 bits per heavy atom. The molecule has 0 spiro atoms. The van der Waals surface area contributed by atoms with Crippen molar-refractivity contribution in [2.24, 2.45) is 4.99 Å². The van der Waals surface area contributed by atoms with Gasteiger partial charge in [0, 0.05) is 64.3 Å². The van der Waals surface area contributed by atoms with Crippen molar-refractivity contribution >= 4 is 27.7 Å². The fraction of sp³-hybridized carbons (Fsp3) is 0.258. The van der Waals surface area contributed by atoms with Crippen LogP contribution < -0.4 is 16.0 Å². The number of aromatic nitrogens is 1. The lowest BCUT2D eigenvalue weighted by Crippen LogP contribution is -2.33. The Labute approximate surface area is 217 Å². The van der Waals surface area contributed by atoms with Gasteiger partial charge in [0.15, 0.2) is 0 Å². The Bertz CT molecular complexity index is 1580. The van der Waals surface area contributed by atoms with Crippen LogP contribution in [0.25, 0.3) is 44.3 Å². The number of nitrogens with one attached hydrogen (secondary N) is 4. The van der Waals surface area contributed by atoms with Gasteiger partial charge in [-0.15, -0.1) is 0 Å². The number of benzene rings is 3. The number of fused-ring (bicyclic) bond motifs is 2. The predicted octanol–water partition coefficient (Wildman–Crippen LogP) is 5.68. The molecule has 2 atom stereocenters. The van der Waals surface area contributed by atoms with Crippen LogP contribution in [-0.2, 0) is 6.54 Å². The van der Waals surface area contributed by atoms with E-state index in [2.05, 4.69) is 113 Å². The van der Waals surface area contributed by atoms with Gasteiger partial charge in [0.2, 0.25) is 0 Å². The highest BCUT2D eigenvalue weighted by Crippen LogP contribution is 2.33. The Kier molecular flexibility index (Phi) is 6.28. The topological polar surface area (TPSA) is 77.4 Å². The minimum atomic E-state index is 0.379. The summed E-state index contributed by atoms with van der Waals surface area (Å²) in [4.78, 5) is 8.06. The summed E-state index contributed by atoms with van der Waals surface area (Å²) in [5, 5.41) is 12.5. The first-order valence-corrected chi connectivity index (χ1v) is 13.0. The average Bonchev–Trinajstić information content (AvgIpc) is 3.66. The number of nitrogens with zero attached hydrogens (tertiary/aromatic N) is 1. The van der Waals surface area contributed by atoms with Gasteiger partial charge in [-0.3, -0.25) is 4.99 Å². The van der Waals surface area contributed by atoms with Crippen molar-refractivity contribution in [3.05, 3.63) is 84.1 Å². The number of aromatic amines is 1. The molecule has 3 heterocycles. The van der Waals surface area contributed by atoms with Crippen LogP contribution in [0, 0.1) is 0 Å². The average molecular weight is 492 g/mol. The van der Waals surface area contributed by atoms with E-state index in [9.17, 15) is 0 Å². The third-order valence-corrected chi connectivity index (χ3v) is 7.20. The van der Waals surface area contributed by atoms with E-state index < -0.39 is 0 Å². The van der Waals surface area contributed by atoms with Crippen molar-refractivity contribution in [1.29, 1.82) is 0 Å². The number of rotatable bonds is 8. The van der Waals surface area contributed by atoms with Crippen LogP contribution in [0.3, 0.4) is 0 Å². The van der Waals surface area contributed by atoms with Crippen molar-refractivity contribution in [2.45, 2.75) is 32.5 Å². The summed E-state index contributed by atoms with van der Waals surface area (Å²) >= 11 is 0. The fourth-order valence-electron chi connectivity index (χ4n) is 4.92. The van der Waals surface area contributed by atoms with E-state index in [1.165, 1.54) is 22.1 Å². The number of likely N-dealkylation sites (N-methyl/N-ethyl adjacent to an activating group) is 1. The second-order valence-corrected chi connectivity index (χ2v) is 10.1. The van der Waals surface area contributed by atoms with Gasteiger partial charge < -0.3 is 25.4 Å². The number of aliphatic imine (C=N–C) groups is 1. The monoisotopic (exact) mass is 491 g/mol. The van der Waals surface area contributed by atoms with Crippen LogP contribution in [0.15, 0.2) is 82.3 Å². The van der Waals surface area contributed by atoms with E-state index in [1.54, 1.807) is 0 Å². The molecule has 4 N–H and O–H groups in total. The van der Waals surface area contributed by atoms with Crippen LogP contribution in [0.2, 0.25) is 0 Å². The number of hydrogen-bond acceptors (Lipinski definition) is 5. The number of amidine groups is 1. The van der Waals surface area contributed by atoms with Gasteiger partial charge >= 0.3 is 0 Å². The highest BCUT2D eigenvalue weighted by Gasteiger charge is 2.16. The van der Waals surface area contributed by atoms with Gasteiger partial charge in [0.25, 0.3) is 0 Å². The van der Waals surface area contributed by atoms with Gasteiger partial charge in [-0.05, 0) is 50.2 Å². The van der Waals surface area contributed by atoms with E-state index in [0.717, 1.165) is 58.8 Å². The molecule has 5 aromatic rings. The second kappa shape index (κ2) is 9.88. The Balaban J connectivity index is 1.20. The molecule has 6 nitrogen and oxygen atoms in total. The summed E-state index contributed by atoms with van der Waals surface area (Å²) < 4.78 is 6.25. The smallest absolute Gasteiger partial charge is 0.135 e. The zero-order chi connectivity index (χ0) is 25.4. The molecule has 2 aromatic heterocycles. The summed E-state index contributed by atoms with van der Waals surface area (Å²) in [6, 6.07) is 24.5. The molecule has 0 bridgehead atoms. The maximum atomic E-state index is 6.25. The molecule has 0 fully saturated rings. The molecule has 1 aliphatic rings. The normalized spacial score (nSPS) is 16.3. The largest absolute Gasteiger partial charge is 0.456 e. The van der Waals surface area contributed by atoms with Gasteiger partial charge in [-0.25, -0.2) is 0 Å². The molecule has 0 saturated heterocycles. The molecular weight excluding hydrogens is 458 g/mol. The SMILES string of the molecule is CNC(C)CNCc1ccc2c(-c3ccc(-c4cc5ccc(C6=NCC(C)N6)cc5o4)cc3)c[nH]c2c1. The van der Waals surface area contributed by atoms with E-state index in [-0.39, 0.29) is 0 Å².